The maximum absolute atomic E-state index is 13.9. The molecule has 148 valence electrons. The van der Waals surface area contributed by atoms with E-state index in [0.29, 0.717) is 29.7 Å². The van der Waals surface area contributed by atoms with Gasteiger partial charge in [0.2, 0.25) is 5.95 Å². The van der Waals surface area contributed by atoms with Crippen molar-refractivity contribution in [3.8, 4) is 0 Å². The lowest BCUT2D eigenvalue weighted by Gasteiger charge is -2.35. The lowest BCUT2D eigenvalue weighted by Crippen LogP contribution is -2.55. The van der Waals surface area contributed by atoms with Crippen LogP contribution in [0.3, 0.4) is 0 Å². The van der Waals surface area contributed by atoms with Crippen molar-refractivity contribution in [2.45, 2.75) is 37.3 Å². The Hall–Kier alpha value is -2.11. The molecule has 0 aromatic carbocycles. The van der Waals surface area contributed by atoms with Gasteiger partial charge in [-0.3, -0.25) is 4.79 Å². The molecule has 1 fully saturated rings. The number of fused-ring (bicyclic) bond motifs is 1. The normalized spacial score (nSPS) is 21.6. The number of alkyl halides is 2. The Bertz CT molecular complexity index is 1020. The van der Waals surface area contributed by atoms with E-state index in [2.05, 4.69) is 36.6 Å². The third-order valence-electron chi connectivity index (χ3n) is 4.76. The Morgan fingerprint density at radius 2 is 2.21 bits per heavy atom. The lowest BCUT2D eigenvalue weighted by atomic mass is 9.87. The zero-order valence-electron chi connectivity index (χ0n) is 14.5. The molecular weight excluding hydrogens is 454 g/mol. The molecule has 0 radical (unpaired) electrons. The number of amides is 1. The Morgan fingerprint density at radius 3 is 2.96 bits per heavy atom. The van der Waals surface area contributed by atoms with Crippen LogP contribution in [0.25, 0.3) is 5.52 Å². The van der Waals surface area contributed by atoms with E-state index in [1.165, 1.54) is 22.0 Å². The average Bonchev–Trinajstić information content (AvgIpc) is 3.25. The second-order valence-electron chi connectivity index (χ2n) is 6.63. The van der Waals surface area contributed by atoms with Crippen LogP contribution in [-0.2, 0) is 0 Å². The molecule has 7 nitrogen and oxygen atoms in total. The fourth-order valence-corrected chi connectivity index (χ4v) is 4.36. The van der Waals surface area contributed by atoms with Crippen LogP contribution in [0.4, 0.5) is 20.4 Å². The minimum Gasteiger partial charge on any atom is -0.348 e. The fraction of sp³-hybridized carbons (Fsp3) is 0.353. The van der Waals surface area contributed by atoms with Gasteiger partial charge in [-0.1, -0.05) is 0 Å². The van der Waals surface area contributed by atoms with Crippen LogP contribution < -0.4 is 16.4 Å². The number of nitrogens with zero attached hydrogens (tertiary/aromatic N) is 3. The van der Waals surface area contributed by atoms with Crippen molar-refractivity contribution in [2.75, 3.05) is 10.6 Å². The molecule has 28 heavy (non-hydrogen) atoms. The van der Waals surface area contributed by atoms with Crippen molar-refractivity contribution >= 4 is 50.3 Å². The molecule has 1 amide bonds. The molecule has 2 atom stereocenters. The quantitative estimate of drug-likeness (QED) is 0.539. The monoisotopic (exact) mass is 470 g/mol. The van der Waals surface area contributed by atoms with Crippen LogP contribution in [0, 0.1) is 0 Å². The van der Waals surface area contributed by atoms with E-state index in [4.69, 9.17) is 5.73 Å². The van der Waals surface area contributed by atoms with Gasteiger partial charge in [0.05, 0.1) is 33.3 Å². The van der Waals surface area contributed by atoms with Crippen LogP contribution >= 0.6 is 27.3 Å². The molecule has 4 N–H and O–H groups in total. The molecule has 1 aliphatic carbocycles. The third kappa shape index (κ3) is 3.61. The number of hydrogen-bond donors (Lipinski definition) is 3. The largest absolute Gasteiger partial charge is 0.348 e. The highest BCUT2D eigenvalue weighted by atomic mass is 79.9. The molecule has 3 aromatic heterocycles. The predicted molar refractivity (Wildman–Crippen MR) is 107 cm³/mol. The molecule has 0 bridgehead atoms. The summed E-state index contributed by atoms with van der Waals surface area (Å²) in [6.07, 6.45) is 2.18. The Morgan fingerprint density at radius 1 is 1.39 bits per heavy atom. The van der Waals surface area contributed by atoms with Crippen LogP contribution in [0.15, 0.2) is 33.6 Å². The number of aromatic nitrogens is 3. The molecule has 4 rings (SSSR count). The van der Waals surface area contributed by atoms with E-state index in [0.717, 1.165) is 3.79 Å². The maximum atomic E-state index is 13.9. The smallest absolute Gasteiger partial charge is 0.274 e. The van der Waals surface area contributed by atoms with Gasteiger partial charge >= 0.3 is 0 Å². The summed E-state index contributed by atoms with van der Waals surface area (Å²) in [5.41, 5.74) is 7.29. The van der Waals surface area contributed by atoms with Crippen molar-refractivity contribution in [3.05, 3.63) is 39.3 Å². The average molecular weight is 471 g/mol. The predicted octanol–water partition coefficient (Wildman–Crippen LogP) is 3.73. The van der Waals surface area contributed by atoms with Crippen molar-refractivity contribution in [3.63, 3.8) is 0 Å². The summed E-state index contributed by atoms with van der Waals surface area (Å²) in [5.74, 6) is -3.12. The zero-order chi connectivity index (χ0) is 19.9. The summed E-state index contributed by atoms with van der Waals surface area (Å²) in [6.45, 7) is 0. The number of hydrogen-bond acceptors (Lipinski definition) is 6. The number of halogens is 3. The van der Waals surface area contributed by atoms with E-state index >= 15 is 0 Å². The molecule has 0 unspecified atom stereocenters. The number of carbonyl (C=O) groups is 1. The Balaban J connectivity index is 1.58. The topological polar surface area (TPSA) is 97.3 Å². The van der Waals surface area contributed by atoms with Gasteiger partial charge in [0.25, 0.3) is 11.8 Å². The summed E-state index contributed by atoms with van der Waals surface area (Å²) < 4.78 is 30.0. The molecule has 0 saturated heterocycles. The standard InChI is InChI=1S/C17H17BrF2N6OS/c18-14-11(5-7-28-14)23-15(27)12-4-3-9-8-22-16(25-26(9)12)24-10-2-1-6-17(19,20)13(10)21/h3-5,7-8,10,13H,1-2,6,21H2,(H,23,27)(H,24,25)/t10-,13-/m1/s1. The SMILES string of the molecule is N[C@@H]1[C@H](Nc2ncc3ccc(C(=O)Nc4ccsc4Br)n3n2)CCCC1(F)F. The van der Waals surface area contributed by atoms with Gasteiger partial charge < -0.3 is 16.4 Å². The minimum atomic E-state index is -2.92. The van der Waals surface area contributed by atoms with Crippen molar-refractivity contribution in [1.29, 1.82) is 0 Å². The van der Waals surface area contributed by atoms with Crippen LogP contribution in [-0.4, -0.2) is 38.5 Å². The van der Waals surface area contributed by atoms with Gasteiger partial charge in [-0.2, -0.15) is 0 Å². The molecule has 0 spiro atoms. The van der Waals surface area contributed by atoms with Gasteiger partial charge in [-0.15, -0.1) is 16.4 Å². The first kappa shape index (κ1) is 19.2. The highest BCUT2D eigenvalue weighted by Gasteiger charge is 2.44. The molecule has 11 heteroatoms. The Kier molecular flexibility index (Phi) is 5.06. The first-order valence-corrected chi connectivity index (χ1v) is 10.3. The summed E-state index contributed by atoms with van der Waals surface area (Å²) in [5, 5.41) is 11.9. The number of nitrogens with one attached hydrogen (secondary N) is 2. The molecule has 1 aliphatic rings. The lowest BCUT2D eigenvalue weighted by molar-refractivity contribution is -0.0555. The van der Waals surface area contributed by atoms with E-state index in [-0.39, 0.29) is 18.3 Å². The van der Waals surface area contributed by atoms with Gasteiger partial charge in [0.1, 0.15) is 5.69 Å². The van der Waals surface area contributed by atoms with Crippen LogP contribution in [0.5, 0.6) is 0 Å². The number of anilines is 2. The van der Waals surface area contributed by atoms with Crippen molar-refractivity contribution in [1.82, 2.24) is 14.6 Å². The first-order chi connectivity index (χ1) is 13.3. The van der Waals surface area contributed by atoms with Crippen molar-refractivity contribution in [2.24, 2.45) is 5.73 Å². The summed E-state index contributed by atoms with van der Waals surface area (Å²) in [7, 11) is 0. The van der Waals surface area contributed by atoms with E-state index in [9.17, 15) is 13.6 Å². The number of nitrogens with two attached hydrogens (primary N) is 1. The molecule has 0 aliphatic heterocycles. The third-order valence-corrected chi connectivity index (χ3v) is 6.45. The van der Waals surface area contributed by atoms with E-state index in [1.807, 2.05) is 5.38 Å². The highest BCUT2D eigenvalue weighted by molar-refractivity contribution is 9.11. The van der Waals surface area contributed by atoms with Crippen LogP contribution in [0.2, 0.25) is 0 Å². The molecule has 1 saturated carbocycles. The molecular formula is C17H17BrF2N6OS. The van der Waals surface area contributed by atoms with Gasteiger partial charge in [-0.05, 0) is 52.4 Å². The minimum absolute atomic E-state index is 0.146. The van der Waals surface area contributed by atoms with Crippen LogP contribution in [0.1, 0.15) is 29.8 Å². The second-order valence-corrected chi connectivity index (χ2v) is 8.86. The van der Waals surface area contributed by atoms with E-state index in [1.54, 1.807) is 18.2 Å². The summed E-state index contributed by atoms with van der Waals surface area (Å²) >= 11 is 4.83. The Labute approximate surface area is 171 Å². The maximum Gasteiger partial charge on any atom is 0.274 e. The van der Waals surface area contributed by atoms with Gasteiger partial charge in [0.15, 0.2) is 0 Å². The number of carbonyl (C=O) groups excluding carboxylic acids is 1. The number of thiophene rings is 1. The number of rotatable bonds is 4. The second kappa shape index (κ2) is 7.37. The van der Waals surface area contributed by atoms with Gasteiger partial charge in [0, 0.05) is 6.42 Å². The summed E-state index contributed by atoms with van der Waals surface area (Å²) in [6, 6.07) is 3.17. The zero-order valence-corrected chi connectivity index (χ0v) is 16.9. The molecule has 3 aromatic rings. The van der Waals surface area contributed by atoms with Gasteiger partial charge in [-0.25, -0.2) is 18.3 Å². The summed E-state index contributed by atoms with van der Waals surface area (Å²) in [4.78, 5) is 16.8. The first-order valence-electron chi connectivity index (χ1n) is 8.64. The molecule has 3 heterocycles. The highest BCUT2D eigenvalue weighted by Crippen LogP contribution is 2.33. The van der Waals surface area contributed by atoms with Crippen molar-refractivity contribution < 1.29 is 13.6 Å². The fourth-order valence-electron chi connectivity index (χ4n) is 3.23. The van der Waals surface area contributed by atoms with E-state index < -0.39 is 18.0 Å².